The van der Waals surface area contributed by atoms with Gasteiger partial charge < -0.3 is 10.1 Å². The number of fused-ring (bicyclic) bond motifs is 1. The highest BCUT2D eigenvalue weighted by Crippen LogP contribution is 2.37. The van der Waals surface area contributed by atoms with E-state index >= 15 is 0 Å². The first-order chi connectivity index (χ1) is 11.7. The molecule has 124 valence electrons. The Morgan fingerprint density at radius 3 is 2.79 bits per heavy atom. The monoisotopic (exact) mass is 341 g/mol. The number of nitrogens with zero attached hydrogens (tertiary/aromatic N) is 2. The van der Waals surface area contributed by atoms with Crippen molar-refractivity contribution in [2.24, 2.45) is 0 Å². The molecule has 0 bridgehead atoms. The molecule has 1 amide bonds. The van der Waals surface area contributed by atoms with E-state index in [1.165, 1.54) is 11.9 Å². The van der Waals surface area contributed by atoms with Gasteiger partial charge in [-0.3, -0.25) is 4.79 Å². The van der Waals surface area contributed by atoms with Gasteiger partial charge in [0.25, 0.3) is 5.91 Å². The number of hydrogen-bond donors (Lipinski definition) is 1. The minimum absolute atomic E-state index is 0.0463. The number of nitrogens with one attached hydrogen (secondary N) is 1. The van der Waals surface area contributed by atoms with Gasteiger partial charge in [-0.1, -0.05) is 36.8 Å². The molecule has 0 unspecified atom stereocenters. The van der Waals surface area contributed by atoms with Crippen molar-refractivity contribution in [2.45, 2.75) is 20.3 Å². The Morgan fingerprint density at radius 2 is 2.04 bits per heavy atom. The van der Waals surface area contributed by atoms with Crippen LogP contribution in [-0.2, 0) is 4.79 Å². The Morgan fingerprint density at radius 1 is 1.25 bits per heavy atom. The highest BCUT2D eigenvalue weighted by Gasteiger charge is 2.15. The number of ether oxygens (including phenoxy) is 1. The molecule has 0 aliphatic rings. The summed E-state index contributed by atoms with van der Waals surface area (Å²) < 4.78 is 5.67. The molecule has 0 radical (unpaired) electrons. The predicted octanol–water partition coefficient (Wildman–Crippen LogP) is 3.57. The highest BCUT2D eigenvalue weighted by molar-refractivity contribution is 7.17. The van der Waals surface area contributed by atoms with Gasteiger partial charge >= 0.3 is 0 Å². The zero-order valence-electron chi connectivity index (χ0n) is 13.7. The number of rotatable bonds is 6. The van der Waals surface area contributed by atoms with Gasteiger partial charge in [0, 0.05) is 17.5 Å². The van der Waals surface area contributed by atoms with Crippen molar-refractivity contribution in [1.82, 2.24) is 15.3 Å². The number of benzene rings is 1. The van der Waals surface area contributed by atoms with Gasteiger partial charge in [-0.25, -0.2) is 9.97 Å². The van der Waals surface area contributed by atoms with Crippen LogP contribution in [0.1, 0.15) is 18.9 Å². The summed E-state index contributed by atoms with van der Waals surface area (Å²) in [6.07, 6.45) is 2.36. The second-order valence-electron chi connectivity index (χ2n) is 5.51. The fraction of sp³-hybridized carbons (Fsp3) is 0.278. The van der Waals surface area contributed by atoms with Crippen LogP contribution in [0.3, 0.4) is 0 Å². The smallest absolute Gasteiger partial charge is 0.258 e. The van der Waals surface area contributed by atoms with Gasteiger partial charge in [0.05, 0.1) is 5.39 Å². The van der Waals surface area contributed by atoms with Crippen molar-refractivity contribution < 1.29 is 9.53 Å². The largest absolute Gasteiger partial charge is 0.467 e. The van der Waals surface area contributed by atoms with Gasteiger partial charge in [-0.05, 0) is 18.9 Å². The van der Waals surface area contributed by atoms with Gasteiger partial charge in [0.1, 0.15) is 11.2 Å². The van der Waals surface area contributed by atoms with Crippen molar-refractivity contribution in [3.05, 3.63) is 41.5 Å². The molecule has 6 heteroatoms. The third-order valence-corrected chi connectivity index (χ3v) is 4.50. The lowest BCUT2D eigenvalue weighted by molar-refractivity contribution is -0.123. The standard InChI is InChI=1S/C18H19N3O2S/c1-3-8-19-15(22)9-23-17-16-14(10-24-18(16)21-11-20-17)13-6-4-12(2)5-7-13/h4-7,10-11H,3,8-9H2,1-2H3,(H,19,22). The van der Waals surface area contributed by atoms with E-state index in [0.717, 1.165) is 27.8 Å². The molecular weight excluding hydrogens is 322 g/mol. The molecule has 0 spiro atoms. The lowest BCUT2D eigenvalue weighted by atomic mass is 10.0. The zero-order valence-corrected chi connectivity index (χ0v) is 14.5. The number of aryl methyl sites for hydroxylation is 1. The SMILES string of the molecule is CCCNC(=O)COc1ncnc2scc(-c3ccc(C)cc3)c12. The molecule has 24 heavy (non-hydrogen) atoms. The molecule has 0 fully saturated rings. The van der Waals surface area contributed by atoms with Crippen LogP contribution in [0.2, 0.25) is 0 Å². The Kier molecular flexibility index (Phi) is 5.05. The molecule has 0 saturated carbocycles. The number of carbonyl (C=O) groups is 1. The van der Waals surface area contributed by atoms with Crippen LogP contribution in [0.25, 0.3) is 21.3 Å². The average molecular weight is 341 g/mol. The predicted molar refractivity (Wildman–Crippen MR) is 96.4 cm³/mol. The molecule has 3 aromatic rings. The van der Waals surface area contributed by atoms with Crippen LogP contribution in [0, 0.1) is 6.92 Å². The number of hydrogen-bond acceptors (Lipinski definition) is 5. The average Bonchev–Trinajstić information content (AvgIpc) is 3.03. The number of carbonyl (C=O) groups excluding carboxylic acids is 1. The summed E-state index contributed by atoms with van der Waals surface area (Å²) in [5, 5.41) is 5.70. The van der Waals surface area contributed by atoms with E-state index < -0.39 is 0 Å². The maximum Gasteiger partial charge on any atom is 0.258 e. The molecular formula is C18H19N3O2S. The van der Waals surface area contributed by atoms with Gasteiger partial charge in [0.15, 0.2) is 6.61 Å². The lowest BCUT2D eigenvalue weighted by Gasteiger charge is -2.08. The van der Waals surface area contributed by atoms with Crippen LogP contribution in [0.15, 0.2) is 36.0 Å². The summed E-state index contributed by atoms with van der Waals surface area (Å²) in [6.45, 7) is 4.67. The number of aromatic nitrogens is 2. The number of thiophene rings is 1. The fourth-order valence-electron chi connectivity index (χ4n) is 2.35. The Bertz CT molecular complexity index is 843. The first kappa shape index (κ1) is 16.4. The molecule has 0 atom stereocenters. The van der Waals surface area contributed by atoms with E-state index in [0.29, 0.717) is 12.4 Å². The van der Waals surface area contributed by atoms with Crippen molar-refractivity contribution in [2.75, 3.05) is 13.2 Å². The third kappa shape index (κ3) is 3.54. The molecule has 2 heterocycles. The minimum atomic E-state index is -0.143. The lowest BCUT2D eigenvalue weighted by Crippen LogP contribution is -2.29. The van der Waals surface area contributed by atoms with Gasteiger partial charge in [-0.2, -0.15) is 0 Å². The van der Waals surface area contributed by atoms with Crippen molar-refractivity contribution >= 4 is 27.5 Å². The maximum absolute atomic E-state index is 11.8. The summed E-state index contributed by atoms with van der Waals surface area (Å²) >= 11 is 1.54. The van der Waals surface area contributed by atoms with Gasteiger partial charge in [0.2, 0.25) is 5.88 Å². The molecule has 5 nitrogen and oxygen atoms in total. The molecule has 0 saturated heterocycles. The molecule has 1 aromatic carbocycles. The highest BCUT2D eigenvalue weighted by atomic mass is 32.1. The van der Waals surface area contributed by atoms with Crippen LogP contribution in [0.5, 0.6) is 5.88 Å². The second-order valence-corrected chi connectivity index (χ2v) is 6.37. The first-order valence-corrected chi connectivity index (χ1v) is 8.75. The molecule has 3 rings (SSSR count). The Labute approximate surface area is 144 Å². The topological polar surface area (TPSA) is 64.1 Å². The van der Waals surface area contributed by atoms with Crippen molar-refractivity contribution in [3.8, 4) is 17.0 Å². The van der Waals surface area contributed by atoms with E-state index in [2.05, 4.69) is 46.5 Å². The summed E-state index contributed by atoms with van der Waals surface area (Å²) in [7, 11) is 0. The van der Waals surface area contributed by atoms with Crippen LogP contribution < -0.4 is 10.1 Å². The Balaban J connectivity index is 1.90. The van der Waals surface area contributed by atoms with Crippen LogP contribution >= 0.6 is 11.3 Å². The van der Waals surface area contributed by atoms with E-state index in [4.69, 9.17) is 4.74 Å². The summed E-state index contributed by atoms with van der Waals surface area (Å²) in [5.74, 6) is 0.305. The summed E-state index contributed by atoms with van der Waals surface area (Å²) in [6, 6.07) is 8.28. The second kappa shape index (κ2) is 7.40. The molecule has 0 aliphatic heterocycles. The minimum Gasteiger partial charge on any atom is -0.467 e. The van der Waals surface area contributed by atoms with E-state index in [1.54, 1.807) is 11.3 Å². The van der Waals surface area contributed by atoms with E-state index in [9.17, 15) is 4.79 Å². The van der Waals surface area contributed by atoms with E-state index in [1.807, 2.05) is 12.3 Å². The summed E-state index contributed by atoms with van der Waals surface area (Å²) in [4.78, 5) is 21.2. The molecule has 1 N–H and O–H groups in total. The van der Waals surface area contributed by atoms with Gasteiger partial charge in [-0.15, -0.1) is 11.3 Å². The normalized spacial score (nSPS) is 10.8. The first-order valence-electron chi connectivity index (χ1n) is 7.87. The van der Waals surface area contributed by atoms with E-state index in [-0.39, 0.29) is 12.5 Å². The fourth-order valence-corrected chi connectivity index (χ4v) is 3.26. The van der Waals surface area contributed by atoms with Crippen LogP contribution in [-0.4, -0.2) is 29.0 Å². The van der Waals surface area contributed by atoms with Crippen molar-refractivity contribution in [1.29, 1.82) is 0 Å². The maximum atomic E-state index is 11.8. The molecule has 2 aromatic heterocycles. The zero-order chi connectivity index (χ0) is 16.9. The summed E-state index contributed by atoms with van der Waals surface area (Å²) in [5.41, 5.74) is 3.32. The Hall–Kier alpha value is -2.47. The quantitative estimate of drug-likeness (QED) is 0.744. The van der Waals surface area contributed by atoms with Crippen LogP contribution in [0.4, 0.5) is 0 Å². The third-order valence-electron chi connectivity index (χ3n) is 3.61. The number of amides is 1. The van der Waals surface area contributed by atoms with Crippen molar-refractivity contribution in [3.63, 3.8) is 0 Å². The molecule has 0 aliphatic carbocycles.